The van der Waals surface area contributed by atoms with Crippen molar-refractivity contribution in [3.8, 4) is 6.07 Å². The largest absolute Gasteiger partial charge is 0.396 e. The van der Waals surface area contributed by atoms with Crippen molar-refractivity contribution in [3.05, 3.63) is 0 Å². The molecule has 2 heterocycles. The fourth-order valence-electron chi connectivity index (χ4n) is 3.29. The Morgan fingerprint density at radius 3 is 2.73 bits per heavy atom. The van der Waals surface area contributed by atoms with Gasteiger partial charge in [0.15, 0.2) is 6.29 Å². The van der Waals surface area contributed by atoms with Crippen LogP contribution < -0.4 is 0 Å². The molecule has 2 fully saturated rings. The van der Waals surface area contributed by atoms with E-state index in [0.717, 1.165) is 58.0 Å². The molecule has 1 N–H and O–H groups in total. The van der Waals surface area contributed by atoms with Crippen LogP contribution in [0, 0.1) is 17.2 Å². The molecule has 0 saturated carbocycles. The summed E-state index contributed by atoms with van der Waals surface area (Å²) >= 11 is 0. The molecule has 0 radical (unpaired) electrons. The number of ether oxygens (including phenoxy) is 3. The van der Waals surface area contributed by atoms with Gasteiger partial charge in [-0.1, -0.05) is 19.3 Å². The molecule has 126 valence electrons. The first-order valence-corrected chi connectivity index (χ1v) is 8.71. The molecule has 0 aromatic heterocycles. The zero-order valence-electron chi connectivity index (χ0n) is 13.4. The van der Waals surface area contributed by atoms with Gasteiger partial charge in [0, 0.05) is 18.9 Å². The Morgan fingerprint density at radius 2 is 2.00 bits per heavy atom. The summed E-state index contributed by atoms with van der Waals surface area (Å²) in [6.07, 6.45) is 9.02. The van der Waals surface area contributed by atoms with E-state index in [1.807, 2.05) is 0 Å². The average molecular weight is 311 g/mol. The maximum atomic E-state index is 9.67. The third-order valence-corrected chi connectivity index (χ3v) is 4.63. The zero-order valence-corrected chi connectivity index (χ0v) is 13.4. The molecular weight excluding hydrogens is 282 g/mol. The molecule has 0 spiro atoms. The van der Waals surface area contributed by atoms with E-state index in [1.54, 1.807) is 0 Å². The van der Waals surface area contributed by atoms with Crippen molar-refractivity contribution < 1.29 is 19.3 Å². The van der Waals surface area contributed by atoms with Crippen molar-refractivity contribution >= 4 is 0 Å². The van der Waals surface area contributed by atoms with Crippen molar-refractivity contribution in [2.24, 2.45) is 5.92 Å². The van der Waals surface area contributed by atoms with Crippen LogP contribution in [-0.2, 0) is 14.2 Å². The van der Waals surface area contributed by atoms with Crippen molar-refractivity contribution in [1.29, 1.82) is 5.26 Å². The number of hydrogen-bond acceptors (Lipinski definition) is 5. The summed E-state index contributed by atoms with van der Waals surface area (Å²) in [5.74, 6) is 0.0598. The second-order valence-corrected chi connectivity index (χ2v) is 6.30. The smallest absolute Gasteiger partial charge is 0.158 e. The van der Waals surface area contributed by atoms with E-state index in [-0.39, 0.29) is 31.0 Å². The van der Waals surface area contributed by atoms with Crippen molar-refractivity contribution in [1.82, 2.24) is 0 Å². The van der Waals surface area contributed by atoms with Gasteiger partial charge in [-0.05, 0) is 32.1 Å². The molecule has 2 saturated heterocycles. The van der Waals surface area contributed by atoms with E-state index in [0.29, 0.717) is 13.0 Å². The first-order valence-electron chi connectivity index (χ1n) is 8.71. The molecule has 5 heteroatoms. The van der Waals surface area contributed by atoms with Crippen LogP contribution in [0.3, 0.4) is 0 Å². The van der Waals surface area contributed by atoms with E-state index in [9.17, 15) is 5.11 Å². The maximum Gasteiger partial charge on any atom is 0.158 e. The summed E-state index contributed by atoms with van der Waals surface area (Å²) < 4.78 is 17.5. The molecule has 0 aromatic carbocycles. The average Bonchev–Trinajstić information content (AvgIpc) is 2.93. The fraction of sp³-hybridized carbons (Fsp3) is 0.941. The monoisotopic (exact) mass is 311 g/mol. The summed E-state index contributed by atoms with van der Waals surface area (Å²) in [4.78, 5) is 0. The minimum absolute atomic E-state index is 0.0447. The lowest BCUT2D eigenvalue weighted by molar-refractivity contribution is -0.195. The number of unbranched alkanes of at least 4 members (excludes halogenated alkanes) is 4. The third-order valence-electron chi connectivity index (χ3n) is 4.63. The van der Waals surface area contributed by atoms with E-state index in [4.69, 9.17) is 19.5 Å². The number of aliphatic hydroxyl groups is 1. The van der Waals surface area contributed by atoms with Crippen LogP contribution in [0.15, 0.2) is 0 Å². The topological polar surface area (TPSA) is 71.7 Å². The van der Waals surface area contributed by atoms with Crippen LogP contribution >= 0.6 is 0 Å². The highest BCUT2D eigenvalue weighted by Gasteiger charge is 2.38. The molecule has 0 aromatic rings. The Balaban J connectivity index is 1.66. The number of nitriles is 1. The van der Waals surface area contributed by atoms with Gasteiger partial charge in [-0.15, -0.1) is 0 Å². The van der Waals surface area contributed by atoms with Crippen molar-refractivity contribution in [3.63, 3.8) is 0 Å². The van der Waals surface area contributed by atoms with Gasteiger partial charge < -0.3 is 19.3 Å². The summed E-state index contributed by atoms with van der Waals surface area (Å²) in [5.41, 5.74) is 0. The summed E-state index contributed by atoms with van der Waals surface area (Å²) in [6.45, 7) is 1.44. The molecule has 4 atom stereocenters. The highest BCUT2D eigenvalue weighted by molar-refractivity contribution is 4.85. The lowest BCUT2D eigenvalue weighted by Crippen LogP contribution is -2.35. The SMILES string of the molecule is N#CCCCCCCC1OCC(OC2CCCCO2)C1CO. The van der Waals surface area contributed by atoms with Gasteiger partial charge in [-0.2, -0.15) is 5.26 Å². The van der Waals surface area contributed by atoms with Crippen LogP contribution in [0.2, 0.25) is 0 Å². The molecule has 0 aliphatic carbocycles. The van der Waals surface area contributed by atoms with Crippen LogP contribution in [0.25, 0.3) is 0 Å². The Hall–Kier alpha value is -0.670. The van der Waals surface area contributed by atoms with Gasteiger partial charge in [0.05, 0.1) is 31.5 Å². The minimum atomic E-state index is -0.124. The first-order chi connectivity index (χ1) is 10.8. The molecule has 0 amide bonds. The standard InChI is InChI=1S/C17H29NO4/c18-10-6-3-1-2-4-8-15-14(12-19)16(13-21-15)22-17-9-5-7-11-20-17/h14-17,19H,1-9,11-13H2. The highest BCUT2D eigenvalue weighted by Crippen LogP contribution is 2.30. The van der Waals surface area contributed by atoms with Crippen LogP contribution in [0.4, 0.5) is 0 Å². The third kappa shape index (κ3) is 5.51. The van der Waals surface area contributed by atoms with Crippen molar-refractivity contribution in [2.45, 2.75) is 76.3 Å². The Kier molecular flexibility index (Phi) is 8.17. The molecular formula is C17H29NO4. The van der Waals surface area contributed by atoms with Gasteiger partial charge in [0.1, 0.15) is 0 Å². The number of aliphatic hydroxyl groups excluding tert-OH is 1. The molecule has 5 nitrogen and oxygen atoms in total. The molecule has 4 unspecified atom stereocenters. The second-order valence-electron chi connectivity index (χ2n) is 6.30. The maximum absolute atomic E-state index is 9.67. The highest BCUT2D eigenvalue weighted by atomic mass is 16.7. The van der Waals surface area contributed by atoms with Crippen LogP contribution in [0.5, 0.6) is 0 Å². The molecule has 0 bridgehead atoms. The molecule has 2 aliphatic rings. The Morgan fingerprint density at radius 1 is 1.14 bits per heavy atom. The normalized spacial score (nSPS) is 32.0. The first kappa shape index (κ1) is 17.7. The van der Waals surface area contributed by atoms with Crippen LogP contribution in [0.1, 0.15) is 57.8 Å². The van der Waals surface area contributed by atoms with E-state index in [1.165, 1.54) is 0 Å². The lowest BCUT2D eigenvalue weighted by Gasteiger charge is -2.28. The second kappa shape index (κ2) is 10.2. The van der Waals surface area contributed by atoms with Crippen LogP contribution in [-0.4, -0.2) is 43.4 Å². The van der Waals surface area contributed by atoms with E-state index >= 15 is 0 Å². The number of nitrogens with zero attached hydrogens (tertiary/aromatic N) is 1. The summed E-state index contributed by atoms with van der Waals surface area (Å²) in [6, 6.07) is 2.17. The summed E-state index contributed by atoms with van der Waals surface area (Å²) in [7, 11) is 0. The predicted molar refractivity (Wildman–Crippen MR) is 82.1 cm³/mol. The van der Waals surface area contributed by atoms with Crippen molar-refractivity contribution in [2.75, 3.05) is 19.8 Å². The molecule has 2 rings (SSSR count). The predicted octanol–water partition coefficient (Wildman–Crippen LogP) is 2.77. The Bertz CT molecular complexity index is 338. The quantitative estimate of drug-likeness (QED) is 0.663. The van der Waals surface area contributed by atoms with Gasteiger partial charge in [-0.3, -0.25) is 0 Å². The number of hydrogen-bond donors (Lipinski definition) is 1. The van der Waals surface area contributed by atoms with Gasteiger partial charge in [0.2, 0.25) is 0 Å². The number of rotatable bonds is 9. The Labute approximate surface area is 133 Å². The minimum Gasteiger partial charge on any atom is -0.396 e. The van der Waals surface area contributed by atoms with E-state index < -0.39 is 0 Å². The summed E-state index contributed by atoms with van der Waals surface area (Å²) in [5, 5.41) is 18.2. The van der Waals surface area contributed by atoms with E-state index in [2.05, 4.69) is 6.07 Å². The van der Waals surface area contributed by atoms with Gasteiger partial charge in [0.25, 0.3) is 0 Å². The van der Waals surface area contributed by atoms with Gasteiger partial charge in [-0.25, -0.2) is 0 Å². The fourth-order valence-corrected chi connectivity index (χ4v) is 3.29. The van der Waals surface area contributed by atoms with Gasteiger partial charge >= 0.3 is 0 Å². The zero-order chi connectivity index (χ0) is 15.6. The lowest BCUT2D eigenvalue weighted by atomic mass is 9.95. The molecule has 22 heavy (non-hydrogen) atoms. The molecule has 2 aliphatic heterocycles.